The van der Waals surface area contributed by atoms with Crippen LogP contribution in [0, 0.1) is 0 Å². The van der Waals surface area contributed by atoms with Crippen LogP contribution in [-0.2, 0) is 4.79 Å². The van der Waals surface area contributed by atoms with Gasteiger partial charge in [0.15, 0.2) is 0 Å². The second-order valence-corrected chi connectivity index (χ2v) is 6.62. The van der Waals surface area contributed by atoms with Crippen molar-refractivity contribution in [1.29, 1.82) is 0 Å². The Hall–Kier alpha value is -1.39. The number of carbonyl (C=O) groups excluding carboxylic acids is 1. The monoisotopic (exact) mass is 304 g/mol. The molecule has 0 spiro atoms. The number of nitrogens with zero attached hydrogens (tertiary/aromatic N) is 1. The maximum absolute atomic E-state index is 12.7. The fourth-order valence-corrected chi connectivity index (χ4v) is 3.37. The number of hydrogen-bond acceptors (Lipinski definition) is 3. The van der Waals surface area contributed by atoms with Gasteiger partial charge in [0.1, 0.15) is 0 Å². The highest BCUT2D eigenvalue weighted by molar-refractivity contribution is 5.86. The van der Waals surface area contributed by atoms with Crippen molar-refractivity contribution in [2.24, 2.45) is 5.73 Å². The third kappa shape index (κ3) is 3.87. The van der Waals surface area contributed by atoms with Gasteiger partial charge >= 0.3 is 0 Å². The minimum atomic E-state index is -0.797. The Morgan fingerprint density at radius 3 is 2.77 bits per heavy atom. The molecule has 1 heterocycles. The Bertz CT molecular complexity index is 487. The van der Waals surface area contributed by atoms with Crippen molar-refractivity contribution in [2.45, 2.75) is 63.6 Å². The van der Waals surface area contributed by atoms with Crippen molar-refractivity contribution in [3.8, 4) is 0 Å². The lowest BCUT2D eigenvalue weighted by Gasteiger charge is -2.33. The summed E-state index contributed by atoms with van der Waals surface area (Å²) in [5.74, 6) is 0.0251. The van der Waals surface area contributed by atoms with Crippen LogP contribution in [0.15, 0.2) is 30.3 Å². The molecule has 0 radical (unpaired) electrons. The summed E-state index contributed by atoms with van der Waals surface area (Å²) >= 11 is 0. The third-order valence-corrected chi connectivity index (χ3v) is 4.58. The summed E-state index contributed by atoms with van der Waals surface area (Å²) in [6.07, 6.45) is 3.56. The number of nitrogens with two attached hydrogens (primary N) is 1. The zero-order valence-corrected chi connectivity index (χ0v) is 13.7. The lowest BCUT2D eigenvalue weighted by Crippen LogP contribution is -2.54. The third-order valence-electron chi connectivity index (χ3n) is 4.58. The average Bonchev–Trinajstić information content (AvgIpc) is 2.95. The smallest absolute Gasteiger partial charge is 0.242 e. The van der Waals surface area contributed by atoms with Gasteiger partial charge in [0.2, 0.25) is 5.91 Å². The van der Waals surface area contributed by atoms with Crippen LogP contribution in [0.1, 0.15) is 57.6 Å². The van der Waals surface area contributed by atoms with E-state index in [-0.39, 0.29) is 11.9 Å². The fraction of sp³-hybridized carbons (Fsp3) is 0.611. The number of hydrogen-bond donors (Lipinski definition) is 2. The van der Waals surface area contributed by atoms with Crippen molar-refractivity contribution >= 4 is 5.91 Å². The Morgan fingerprint density at radius 1 is 1.45 bits per heavy atom. The van der Waals surface area contributed by atoms with Crippen molar-refractivity contribution in [3.63, 3.8) is 0 Å². The van der Waals surface area contributed by atoms with Gasteiger partial charge in [0.25, 0.3) is 0 Å². The molecular formula is C18H28N2O2. The molecule has 0 aliphatic carbocycles. The lowest BCUT2D eigenvalue weighted by molar-refractivity contribution is -0.138. The van der Waals surface area contributed by atoms with Crippen LogP contribution in [-0.4, -0.2) is 34.0 Å². The van der Waals surface area contributed by atoms with Crippen LogP contribution >= 0.6 is 0 Å². The van der Waals surface area contributed by atoms with Gasteiger partial charge in [-0.15, -0.1) is 0 Å². The molecule has 1 fully saturated rings. The summed E-state index contributed by atoms with van der Waals surface area (Å²) < 4.78 is 0. The van der Waals surface area contributed by atoms with Crippen molar-refractivity contribution < 1.29 is 9.90 Å². The minimum Gasteiger partial charge on any atom is -0.388 e. The molecule has 3 unspecified atom stereocenters. The van der Waals surface area contributed by atoms with E-state index < -0.39 is 11.6 Å². The van der Waals surface area contributed by atoms with Crippen molar-refractivity contribution in [3.05, 3.63) is 35.9 Å². The Kier molecular flexibility index (Phi) is 5.59. The van der Waals surface area contributed by atoms with Gasteiger partial charge in [0.05, 0.1) is 11.6 Å². The van der Waals surface area contributed by atoms with E-state index in [0.29, 0.717) is 12.8 Å². The van der Waals surface area contributed by atoms with Gasteiger partial charge in [-0.25, -0.2) is 0 Å². The topological polar surface area (TPSA) is 66.6 Å². The maximum Gasteiger partial charge on any atom is 0.242 e. The molecule has 1 aromatic carbocycles. The molecule has 1 amide bonds. The molecular weight excluding hydrogens is 276 g/mol. The van der Waals surface area contributed by atoms with E-state index in [4.69, 9.17) is 5.73 Å². The number of aliphatic hydroxyl groups excluding tert-OH is 1. The molecule has 0 aromatic heterocycles. The van der Waals surface area contributed by atoms with E-state index in [2.05, 4.69) is 0 Å². The fourth-order valence-electron chi connectivity index (χ4n) is 3.37. The van der Waals surface area contributed by atoms with Crippen LogP contribution in [0.4, 0.5) is 0 Å². The second kappa shape index (κ2) is 7.25. The SMILES string of the molecule is CCCC(C)(N)C(=O)N1CCCC1CC(O)c1ccccc1. The molecule has 3 atom stereocenters. The summed E-state index contributed by atoms with van der Waals surface area (Å²) in [6, 6.07) is 9.73. The predicted molar refractivity (Wildman–Crippen MR) is 88.3 cm³/mol. The number of rotatable bonds is 6. The Labute approximate surface area is 133 Å². The van der Waals surface area contributed by atoms with Gasteiger partial charge < -0.3 is 15.7 Å². The molecule has 1 saturated heterocycles. The van der Waals surface area contributed by atoms with E-state index in [1.54, 1.807) is 0 Å². The normalized spacial score (nSPS) is 22.4. The number of amides is 1. The molecule has 22 heavy (non-hydrogen) atoms. The van der Waals surface area contributed by atoms with Gasteiger partial charge in [-0.3, -0.25) is 4.79 Å². The van der Waals surface area contributed by atoms with E-state index in [9.17, 15) is 9.90 Å². The highest BCUT2D eigenvalue weighted by Gasteiger charge is 2.38. The zero-order chi connectivity index (χ0) is 16.2. The number of carbonyl (C=O) groups is 1. The molecule has 0 saturated carbocycles. The van der Waals surface area contributed by atoms with Crippen molar-refractivity contribution in [2.75, 3.05) is 6.54 Å². The molecule has 3 N–H and O–H groups in total. The van der Waals surface area contributed by atoms with Crippen LogP contribution in [0.25, 0.3) is 0 Å². The molecule has 1 aliphatic rings. The standard InChI is InChI=1S/C18H28N2O2/c1-3-11-18(2,19)17(22)20-12-7-10-15(20)13-16(21)14-8-5-4-6-9-14/h4-6,8-9,15-16,21H,3,7,10-13,19H2,1-2H3. The predicted octanol–water partition coefficient (Wildman–Crippen LogP) is 2.62. The highest BCUT2D eigenvalue weighted by Crippen LogP contribution is 2.29. The molecule has 1 aliphatic heterocycles. The summed E-state index contributed by atoms with van der Waals surface area (Å²) in [4.78, 5) is 14.6. The summed E-state index contributed by atoms with van der Waals surface area (Å²) in [5.41, 5.74) is 6.31. The second-order valence-electron chi connectivity index (χ2n) is 6.62. The first-order chi connectivity index (χ1) is 10.5. The van der Waals surface area contributed by atoms with E-state index in [1.165, 1.54) is 0 Å². The maximum atomic E-state index is 12.7. The van der Waals surface area contributed by atoms with Crippen molar-refractivity contribution in [1.82, 2.24) is 4.90 Å². The first-order valence-corrected chi connectivity index (χ1v) is 8.28. The lowest BCUT2D eigenvalue weighted by atomic mass is 9.94. The number of aliphatic hydroxyl groups is 1. The molecule has 1 aromatic rings. The van der Waals surface area contributed by atoms with E-state index in [0.717, 1.165) is 31.4 Å². The van der Waals surface area contributed by atoms with Gasteiger partial charge in [-0.1, -0.05) is 43.7 Å². The van der Waals surface area contributed by atoms with E-state index in [1.807, 2.05) is 49.1 Å². The highest BCUT2D eigenvalue weighted by atomic mass is 16.3. The van der Waals surface area contributed by atoms with Gasteiger partial charge in [0, 0.05) is 12.6 Å². The quantitative estimate of drug-likeness (QED) is 0.849. The number of benzene rings is 1. The minimum absolute atomic E-state index is 0.0251. The molecule has 0 bridgehead atoms. The van der Waals surface area contributed by atoms with Gasteiger partial charge in [-0.05, 0) is 38.2 Å². The van der Waals surface area contributed by atoms with Gasteiger partial charge in [-0.2, -0.15) is 0 Å². The van der Waals surface area contributed by atoms with Crippen LogP contribution in [0.2, 0.25) is 0 Å². The summed E-state index contributed by atoms with van der Waals surface area (Å²) in [6.45, 7) is 4.61. The Morgan fingerprint density at radius 2 is 2.14 bits per heavy atom. The molecule has 122 valence electrons. The molecule has 4 heteroatoms. The van der Waals surface area contributed by atoms with E-state index >= 15 is 0 Å². The zero-order valence-electron chi connectivity index (χ0n) is 13.7. The summed E-state index contributed by atoms with van der Waals surface area (Å²) in [7, 11) is 0. The number of likely N-dealkylation sites (tertiary alicyclic amines) is 1. The first-order valence-electron chi connectivity index (χ1n) is 8.28. The first kappa shape index (κ1) is 17.0. The Balaban J connectivity index is 2.03. The van der Waals surface area contributed by atoms with Crippen LogP contribution in [0.3, 0.4) is 0 Å². The average molecular weight is 304 g/mol. The molecule has 4 nitrogen and oxygen atoms in total. The van der Waals surface area contributed by atoms with Crippen LogP contribution in [0.5, 0.6) is 0 Å². The largest absolute Gasteiger partial charge is 0.388 e. The van der Waals surface area contributed by atoms with Crippen LogP contribution < -0.4 is 5.73 Å². The molecule has 2 rings (SSSR count). The summed E-state index contributed by atoms with van der Waals surface area (Å²) in [5, 5.41) is 10.4.